The molecule has 0 aliphatic heterocycles. The Morgan fingerprint density at radius 1 is 1.31 bits per heavy atom. The molecule has 3 N–H and O–H groups in total. The van der Waals surface area contributed by atoms with Crippen molar-refractivity contribution >= 4 is 23.5 Å². The summed E-state index contributed by atoms with van der Waals surface area (Å²) in [4.78, 5) is 16.7. The van der Waals surface area contributed by atoms with Gasteiger partial charge in [-0.2, -0.15) is 21.3 Å². The number of aromatic nitrogens is 3. The lowest BCUT2D eigenvalue weighted by Gasteiger charge is -2.22. The van der Waals surface area contributed by atoms with Crippen molar-refractivity contribution < 1.29 is 13.9 Å². The lowest BCUT2D eigenvalue weighted by Crippen LogP contribution is -2.44. The van der Waals surface area contributed by atoms with Crippen LogP contribution < -0.4 is 11.1 Å². The highest BCUT2D eigenvalue weighted by atomic mass is 32.2. The first-order valence-corrected chi connectivity index (χ1v) is 12.6. The maximum absolute atomic E-state index is 15.0. The van der Waals surface area contributed by atoms with E-state index in [9.17, 15) is 9.18 Å². The van der Waals surface area contributed by atoms with Crippen molar-refractivity contribution in [2.75, 3.05) is 23.9 Å². The number of aryl methyl sites for hydroxylation is 1. The minimum Gasteiger partial charge on any atom is -0.358 e. The zero-order valence-corrected chi connectivity index (χ0v) is 19.8. The molecule has 174 valence electrons. The monoisotopic (exact) mass is 461 g/mol. The molecule has 2 fully saturated rings. The molecular formula is C23H32FN5O2S. The third-order valence-electron chi connectivity index (χ3n) is 6.45. The number of thioether (sulfide) groups is 1. The van der Waals surface area contributed by atoms with Gasteiger partial charge in [0, 0.05) is 22.6 Å². The van der Waals surface area contributed by atoms with Crippen LogP contribution in [-0.4, -0.2) is 45.3 Å². The highest BCUT2D eigenvalue weighted by molar-refractivity contribution is 7.98. The van der Waals surface area contributed by atoms with Crippen molar-refractivity contribution in [3.63, 3.8) is 0 Å². The Labute approximate surface area is 192 Å². The number of nitrogens with two attached hydrogens (primary N) is 1. The molecule has 2 aliphatic carbocycles. The van der Waals surface area contributed by atoms with Gasteiger partial charge in [0.1, 0.15) is 12.5 Å². The minimum atomic E-state index is -0.647. The molecule has 0 radical (unpaired) electrons. The van der Waals surface area contributed by atoms with Crippen LogP contribution in [0.15, 0.2) is 12.1 Å². The highest BCUT2D eigenvalue weighted by Gasteiger charge is 2.46. The molecule has 0 saturated heterocycles. The van der Waals surface area contributed by atoms with Crippen LogP contribution in [-0.2, 0) is 16.3 Å². The molecule has 2 saturated carbocycles. The number of nitrogens with one attached hydrogen (secondary N) is 1. The number of amides is 1. The first kappa shape index (κ1) is 23.2. The van der Waals surface area contributed by atoms with E-state index < -0.39 is 12.0 Å². The molecule has 0 aromatic carbocycles. The van der Waals surface area contributed by atoms with E-state index in [-0.39, 0.29) is 17.6 Å². The number of halogens is 1. The largest absolute Gasteiger partial charge is 0.358 e. The first-order valence-electron chi connectivity index (χ1n) is 11.2. The third-order valence-corrected chi connectivity index (χ3v) is 7.02. The third kappa shape index (κ3) is 5.15. The normalized spacial score (nSPS) is 17.1. The molecule has 1 amide bonds. The maximum Gasteiger partial charge on any atom is 0.242 e. The molecule has 0 bridgehead atoms. The van der Waals surface area contributed by atoms with Gasteiger partial charge in [0.2, 0.25) is 11.9 Å². The van der Waals surface area contributed by atoms with Gasteiger partial charge in [0.05, 0.1) is 18.3 Å². The maximum atomic E-state index is 15.0. The Hall–Kier alpha value is -1.97. The molecule has 0 spiro atoms. The topological polar surface area (TPSA) is 95.1 Å². The van der Waals surface area contributed by atoms with Gasteiger partial charge in [-0.3, -0.25) is 4.79 Å². The highest BCUT2D eigenvalue weighted by Crippen LogP contribution is 2.50. The summed E-state index contributed by atoms with van der Waals surface area (Å²) in [7, 11) is 0. The van der Waals surface area contributed by atoms with E-state index in [0.29, 0.717) is 42.0 Å². The molecule has 7 nitrogen and oxygen atoms in total. The molecule has 2 aromatic heterocycles. The second-order valence-electron chi connectivity index (χ2n) is 8.88. The van der Waals surface area contributed by atoms with Crippen LogP contribution in [0.1, 0.15) is 37.1 Å². The van der Waals surface area contributed by atoms with E-state index in [4.69, 9.17) is 10.5 Å². The number of hydrogen-bond donors (Lipinski definition) is 2. The fourth-order valence-electron chi connectivity index (χ4n) is 4.51. The summed E-state index contributed by atoms with van der Waals surface area (Å²) < 4.78 is 22.3. The Morgan fingerprint density at radius 3 is 2.59 bits per heavy atom. The first-order chi connectivity index (χ1) is 15.4. The van der Waals surface area contributed by atoms with E-state index >= 15 is 0 Å². The SMILES string of the molecule is CSCCOCn1nc(C)c(-c2ccc(NC(=O)[C@@H](N)C(C3CC3)C3CC3)nc2F)c1C. The fraction of sp³-hybridized carbons (Fsp3) is 0.609. The van der Waals surface area contributed by atoms with E-state index in [2.05, 4.69) is 15.4 Å². The average Bonchev–Trinajstić information content (AvgIpc) is 3.68. The van der Waals surface area contributed by atoms with Crippen molar-refractivity contribution in [1.29, 1.82) is 0 Å². The Morgan fingerprint density at radius 2 is 2.00 bits per heavy atom. The average molecular weight is 462 g/mol. The molecule has 0 unspecified atom stereocenters. The van der Waals surface area contributed by atoms with Crippen LogP contribution in [0.3, 0.4) is 0 Å². The van der Waals surface area contributed by atoms with Gasteiger partial charge in [-0.1, -0.05) is 0 Å². The summed E-state index contributed by atoms with van der Waals surface area (Å²) in [5.74, 6) is 1.50. The van der Waals surface area contributed by atoms with Crippen LogP contribution in [0, 0.1) is 37.5 Å². The minimum absolute atomic E-state index is 0.181. The van der Waals surface area contributed by atoms with Gasteiger partial charge in [0.25, 0.3) is 0 Å². The van der Waals surface area contributed by atoms with Crippen molar-refractivity contribution in [2.24, 2.45) is 23.5 Å². The van der Waals surface area contributed by atoms with Crippen molar-refractivity contribution in [3.05, 3.63) is 29.5 Å². The summed E-state index contributed by atoms with van der Waals surface area (Å²) in [5.41, 5.74) is 8.85. The zero-order valence-electron chi connectivity index (χ0n) is 18.9. The van der Waals surface area contributed by atoms with Crippen LogP contribution in [0.2, 0.25) is 0 Å². The summed E-state index contributed by atoms with van der Waals surface area (Å²) in [6.07, 6.45) is 6.63. The van der Waals surface area contributed by atoms with Gasteiger partial charge in [-0.25, -0.2) is 9.67 Å². The van der Waals surface area contributed by atoms with Crippen LogP contribution in [0.4, 0.5) is 10.2 Å². The second-order valence-corrected chi connectivity index (χ2v) is 9.86. The number of ether oxygens (including phenoxy) is 1. The van der Waals surface area contributed by atoms with Gasteiger partial charge in [-0.05, 0) is 75.7 Å². The molecule has 2 aliphatic rings. The van der Waals surface area contributed by atoms with E-state index in [1.165, 1.54) is 0 Å². The van der Waals surface area contributed by atoms with E-state index in [1.54, 1.807) is 28.6 Å². The number of carbonyl (C=O) groups excluding carboxylic acids is 1. The standard InChI is InChI=1S/C23H32FN5O2S/c1-13-19(14(2)29(28-13)12-31-10-11-32-3)17-8-9-18(26-22(17)24)27-23(30)21(25)20(15-4-5-15)16-6-7-16/h8-9,15-16,20-21H,4-7,10-12,25H2,1-3H3,(H,26,27,30)/t21-/m0/s1. The predicted octanol–water partition coefficient (Wildman–Crippen LogP) is 3.74. The number of hydrogen-bond acceptors (Lipinski definition) is 6. The lowest BCUT2D eigenvalue weighted by molar-refractivity contribution is -0.118. The van der Waals surface area contributed by atoms with Crippen LogP contribution in [0.5, 0.6) is 0 Å². The summed E-state index contributed by atoms with van der Waals surface area (Å²) >= 11 is 1.72. The molecule has 32 heavy (non-hydrogen) atoms. The summed E-state index contributed by atoms with van der Waals surface area (Å²) in [6, 6.07) is 2.68. The van der Waals surface area contributed by atoms with Crippen molar-refractivity contribution in [1.82, 2.24) is 14.8 Å². The predicted molar refractivity (Wildman–Crippen MR) is 125 cm³/mol. The molecule has 2 aromatic rings. The molecule has 4 rings (SSSR count). The number of rotatable bonds is 11. The van der Waals surface area contributed by atoms with Crippen LogP contribution in [0.25, 0.3) is 11.1 Å². The smallest absolute Gasteiger partial charge is 0.242 e. The molecule has 9 heteroatoms. The Kier molecular flexibility index (Phi) is 7.17. The van der Waals surface area contributed by atoms with Crippen molar-refractivity contribution in [2.45, 2.75) is 52.3 Å². The summed E-state index contributed by atoms with van der Waals surface area (Å²) in [6.45, 7) is 4.67. The molecule has 1 atom stereocenters. The van der Waals surface area contributed by atoms with Gasteiger partial charge in [0.15, 0.2) is 0 Å². The number of carbonyl (C=O) groups is 1. The van der Waals surface area contributed by atoms with Crippen molar-refractivity contribution in [3.8, 4) is 11.1 Å². The molecular weight excluding hydrogens is 429 g/mol. The Balaban J connectivity index is 1.45. The molecule has 2 heterocycles. The number of pyridine rings is 1. The Bertz CT molecular complexity index is 962. The van der Waals surface area contributed by atoms with E-state index in [0.717, 1.165) is 37.1 Å². The second kappa shape index (κ2) is 9.89. The van der Waals surface area contributed by atoms with Gasteiger partial charge < -0.3 is 15.8 Å². The number of nitrogens with zero attached hydrogens (tertiary/aromatic N) is 3. The van der Waals surface area contributed by atoms with Gasteiger partial charge in [-0.15, -0.1) is 0 Å². The van der Waals surface area contributed by atoms with Crippen LogP contribution >= 0.6 is 11.8 Å². The number of anilines is 1. The zero-order chi connectivity index (χ0) is 22.8. The fourth-order valence-corrected chi connectivity index (χ4v) is 4.80. The van der Waals surface area contributed by atoms with Gasteiger partial charge >= 0.3 is 0 Å². The van der Waals surface area contributed by atoms with E-state index in [1.807, 2.05) is 20.1 Å². The summed E-state index contributed by atoms with van der Waals surface area (Å²) in [5, 5.41) is 7.21. The lowest BCUT2D eigenvalue weighted by atomic mass is 9.89. The quantitative estimate of drug-likeness (QED) is 0.391.